The van der Waals surface area contributed by atoms with Crippen molar-refractivity contribution in [2.75, 3.05) is 13.2 Å². The lowest BCUT2D eigenvalue weighted by Gasteiger charge is -2.03. The van der Waals surface area contributed by atoms with Crippen LogP contribution >= 0.6 is 11.3 Å². The van der Waals surface area contributed by atoms with Gasteiger partial charge in [0.25, 0.3) is 0 Å². The lowest BCUT2D eigenvalue weighted by Crippen LogP contribution is -1.98. The zero-order valence-corrected chi connectivity index (χ0v) is 10.1. The highest BCUT2D eigenvalue weighted by Gasteiger charge is 2.21. The third-order valence-electron chi connectivity index (χ3n) is 2.35. The van der Waals surface area contributed by atoms with Gasteiger partial charge in [-0.25, -0.2) is 4.98 Å². The number of ether oxygens (including phenoxy) is 2. The molecule has 0 saturated carbocycles. The quantitative estimate of drug-likeness (QED) is 0.792. The Morgan fingerprint density at radius 2 is 2.31 bits per heavy atom. The second-order valence-corrected chi connectivity index (χ2v) is 4.70. The summed E-state index contributed by atoms with van der Waals surface area (Å²) in [5.74, 6) is 0.234. The van der Waals surface area contributed by atoms with E-state index >= 15 is 0 Å². The van der Waals surface area contributed by atoms with Gasteiger partial charge in [-0.15, -0.1) is 11.3 Å². The lowest BCUT2D eigenvalue weighted by molar-refractivity contribution is -0.117. The predicted molar refractivity (Wildman–Crippen MR) is 60.4 cm³/mol. The summed E-state index contributed by atoms with van der Waals surface area (Å²) in [6, 6.07) is 0. The number of thiazole rings is 1. The molecule has 1 fully saturated rings. The Morgan fingerprint density at radius 1 is 1.56 bits per heavy atom. The molecular formula is C11H15NO3S. The van der Waals surface area contributed by atoms with Gasteiger partial charge in [-0.3, -0.25) is 0 Å². The Morgan fingerprint density at radius 3 is 3.00 bits per heavy atom. The van der Waals surface area contributed by atoms with Gasteiger partial charge in [-0.05, 0) is 19.8 Å². The maximum Gasteiger partial charge on any atom is 0.211 e. The molecule has 0 amide bonds. The zero-order chi connectivity index (χ0) is 11.4. The summed E-state index contributed by atoms with van der Waals surface area (Å²) in [5, 5.41) is 2.90. The fraction of sp³-hybridized carbons (Fsp3) is 0.636. The van der Waals surface area contributed by atoms with Crippen LogP contribution in [0.3, 0.4) is 0 Å². The van der Waals surface area contributed by atoms with Crippen molar-refractivity contribution in [1.82, 2.24) is 4.98 Å². The van der Waals surface area contributed by atoms with E-state index in [1.54, 1.807) is 18.3 Å². The summed E-state index contributed by atoms with van der Waals surface area (Å²) >= 11 is 1.56. The van der Waals surface area contributed by atoms with Crippen molar-refractivity contribution >= 4 is 17.1 Å². The van der Waals surface area contributed by atoms with Gasteiger partial charge in [0.1, 0.15) is 10.8 Å². The molecule has 0 spiro atoms. The molecule has 2 rings (SSSR count). The maximum atomic E-state index is 10.8. The summed E-state index contributed by atoms with van der Waals surface area (Å²) in [6.45, 7) is 2.90. The second kappa shape index (κ2) is 5.52. The van der Waals surface area contributed by atoms with E-state index < -0.39 is 0 Å². The summed E-state index contributed by atoms with van der Waals surface area (Å²) in [6.07, 6.45) is 2.07. The van der Waals surface area contributed by atoms with Crippen LogP contribution in [0.15, 0.2) is 5.38 Å². The Hall–Kier alpha value is -0.780. The minimum Gasteiger partial charge on any atom is -0.344 e. The van der Waals surface area contributed by atoms with Crippen molar-refractivity contribution in [3.63, 3.8) is 0 Å². The maximum absolute atomic E-state index is 10.8. The molecule has 1 aliphatic rings. The van der Waals surface area contributed by atoms with Crippen molar-refractivity contribution in [3.05, 3.63) is 16.1 Å². The number of rotatable bonds is 5. The van der Waals surface area contributed by atoms with Crippen LogP contribution in [0.1, 0.15) is 36.8 Å². The van der Waals surface area contributed by atoms with Gasteiger partial charge in [0.2, 0.25) is 6.29 Å². The molecule has 16 heavy (non-hydrogen) atoms. The highest BCUT2D eigenvalue weighted by atomic mass is 32.1. The van der Waals surface area contributed by atoms with Crippen LogP contribution in [-0.2, 0) is 20.7 Å². The first kappa shape index (κ1) is 11.7. The third-order valence-corrected chi connectivity index (χ3v) is 3.27. The first-order valence-electron chi connectivity index (χ1n) is 5.42. The van der Waals surface area contributed by atoms with Crippen LogP contribution in [0.4, 0.5) is 0 Å². The average Bonchev–Trinajstić information content (AvgIpc) is 2.85. The average molecular weight is 241 g/mol. The topological polar surface area (TPSA) is 48.4 Å². The van der Waals surface area contributed by atoms with Gasteiger partial charge in [0.15, 0.2) is 0 Å². The monoisotopic (exact) mass is 241 g/mol. The van der Waals surface area contributed by atoms with Crippen LogP contribution in [0.2, 0.25) is 0 Å². The summed E-state index contributed by atoms with van der Waals surface area (Å²) in [4.78, 5) is 15.2. The number of hydrogen-bond donors (Lipinski definition) is 0. The van der Waals surface area contributed by atoms with Crippen LogP contribution in [-0.4, -0.2) is 24.0 Å². The molecule has 1 aromatic heterocycles. The molecule has 2 heterocycles. The summed E-state index contributed by atoms with van der Waals surface area (Å²) < 4.78 is 10.7. The van der Waals surface area contributed by atoms with Crippen molar-refractivity contribution in [2.45, 2.75) is 32.5 Å². The van der Waals surface area contributed by atoms with E-state index in [1.807, 2.05) is 5.38 Å². The highest BCUT2D eigenvalue weighted by molar-refractivity contribution is 7.09. The molecule has 4 nitrogen and oxygen atoms in total. The van der Waals surface area contributed by atoms with Crippen LogP contribution in [0.5, 0.6) is 0 Å². The molecule has 0 aromatic carbocycles. The number of carbonyl (C=O) groups is 1. The van der Waals surface area contributed by atoms with E-state index in [1.165, 1.54) is 0 Å². The Bertz CT molecular complexity index is 358. The molecule has 0 unspecified atom stereocenters. The lowest BCUT2D eigenvalue weighted by atomic mass is 10.1. The van der Waals surface area contributed by atoms with E-state index in [-0.39, 0.29) is 12.1 Å². The first-order chi connectivity index (χ1) is 7.75. The number of Topliss-reactive ketones (excluding diaryl/α,β-unsaturated/α-hetero) is 1. The fourth-order valence-electron chi connectivity index (χ4n) is 1.57. The number of carbonyl (C=O) groups excluding carboxylic acids is 1. The predicted octanol–water partition coefficient (Wildman–Crippen LogP) is 2.10. The van der Waals surface area contributed by atoms with E-state index in [0.29, 0.717) is 19.6 Å². The largest absolute Gasteiger partial charge is 0.344 e. The molecular weight excluding hydrogens is 226 g/mol. The van der Waals surface area contributed by atoms with Crippen LogP contribution in [0.25, 0.3) is 0 Å². The number of aryl methyl sites for hydroxylation is 1. The van der Waals surface area contributed by atoms with Crippen molar-refractivity contribution in [2.24, 2.45) is 0 Å². The SMILES string of the molecule is CC(=O)CCCc1csc(C2OCCO2)n1. The number of hydrogen-bond acceptors (Lipinski definition) is 5. The fourth-order valence-corrected chi connectivity index (χ4v) is 2.41. The second-order valence-electron chi connectivity index (χ2n) is 3.81. The van der Waals surface area contributed by atoms with Crippen LogP contribution in [0, 0.1) is 0 Å². The smallest absolute Gasteiger partial charge is 0.211 e. The van der Waals surface area contributed by atoms with Gasteiger partial charge < -0.3 is 14.3 Å². The van der Waals surface area contributed by atoms with E-state index in [4.69, 9.17) is 9.47 Å². The number of aromatic nitrogens is 1. The third kappa shape index (κ3) is 3.10. The molecule has 88 valence electrons. The van der Waals surface area contributed by atoms with E-state index in [0.717, 1.165) is 23.5 Å². The molecule has 1 saturated heterocycles. The van der Waals surface area contributed by atoms with Gasteiger partial charge >= 0.3 is 0 Å². The minimum absolute atomic E-state index is 0.234. The summed E-state index contributed by atoms with van der Waals surface area (Å²) in [7, 11) is 0. The molecule has 0 bridgehead atoms. The molecule has 1 aliphatic heterocycles. The van der Waals surface area contributed by atoms with Crippen molar-refractivity contribution < 1.29 is 14.3 Å². The first-order valence-corrected chi connectivity index (χ1v) is 6.30. The summed E-state index contributed by atoms with van der Waals surface area (Å²) in [5.41, 5.74) is 1.03. The standard InChI is InChI=1S/C11H15NO3S/c1-8(13)3-2-4-9-7-16-10(12-9)11-14-5-6-15-11/h7,11H,2-6H2,1H3. The van der Waals surface area contributed by atoms with Crippen molar-refractivity contribution in [1.29, 1.82) is 0 Å². The van der Waals surface area contributed by atoms with E-state index in [2.05, 4.69) is 4.98 Å². The van der Waals surface area contributed by atoms with Gasteiger partial charge in [0.05, 0.1) is 18.9 Å². The molecule has 5 heteroatoms. The minimum atomic E-state index is -0.272. The number of nitrogens with zero attached hydrogens (tertiary/aromatic N) is 1. The molecule has 0 N–H and O–H groups in total. The highest BCUT2D eigenvalue weighted by Crippen LogP contribution is 2.26. The van der Waals surface area contributed by atoms with Crippen LogP contribution < -0.4 is 0 Å². The van der Waals surface area contributed by atoms with Crippen molar-refractivity contribution in [3.8, 4) is 0 Å². The zero-order valence-electron chi connectivity index (χ0n) is 9.27. The number of ketones is 1. The molecule has 0 radical (unpaired) electrons. The van der Waals surface area contributed by atoms with Gasteiger partial charge in [0, 0.05) is 11.8 Å². The molecule has 0 aliphatic carbocycles. The molecule has 0 atom stereocenters. The molecule has 1 aromatic rings. The van der Waals surface area contributed by atoms with E-state index in [9.17, 15) is 4.79 Å². The normalized spacial score (nSPS) is 16.8. The Labute approximate surface area is 98.6 Å². The van der Waals surface area contributed by atoms with Gasteiger partial charge in [-0.2, -0.15) is 0 Å². The van der Waals surface area contributed by atoms with Gasteiger partial charge in [-0.1, -0.05) is 0 Å². The Kier molecular flexibility index (Phi) is 4.04. The Balaban J connectivity index is 1.84.